The van der Waals surface area contributed by atoms with Crippen LogP contribution in [0.25, 0.3) is 21.7 Å². The minimum absolute atomic E-state index is 0.198. The molecule has 0 bridgehead atoms. The summed E-state index contributed by atoms with van der Waals surface area (Å²) in [6.45, 7) is 0.506. The first-order valence-corrected chi connectivity index (χ1v) is 12.6. The molecular formula is C27H20N4O2S2. The average molecular weight is 497 g/mol. The molecule has 3 aliphatic heterocycles. The van der Waals surface area contributed by atoms with E-state index >= 15 is 0 Å². The quantitative estimate of drug-likeness (QED) is 0.305. The van der Waals surface area contributed by atoms with Crippen LogP contribution in [-0.4, -0.2) is 44.4 Å². The fourth-order valence-corrected chi connectivity index (χ4v) is 8.28. The number of carbonyl (C=O) groups is 2. The number of thiocarbonyl (C=S) groups is 1. The summed E-state index contributed by atoms with van der Waals surface area (Å²) in [5.41, 5.74) is 2.19. The number of thioether (sulfide) groups is 1. The topological polar surface area (TPSA) is 74.3 Å². The molecular weight excluding hydrogens is 476 g/mol. The number of aromatic nitrogens is 1. The Hall–Kier alpha value is -3.33. The largest absolute Gasteiger partial charge is 0.324 e. The van der Waals surface area contributed by atoms with Crippen molar-refractivity contribution in [3.63, 3.8) is 0 Å². The van der Waals surface area contributed by atoms with Crippen LogP contribution < -0.4 is 10.6 Å². The molecule has 3 atom stereocenters. The summed E-state index contributed by atoms with van der Waals surface area (Å²) in [6.07, 6.45) is 1.86. The molecule has 2 saturated heterocycles. The van der Waals surface area contributed by atoms with Crippen LogP contribution in [0.4, 0.5) is 5.69 Å². The molecule has 4 heterocycles. The average Bonchev–Trinajstić information content (AvgIpc) is 3.44. The van der Waals surface area contributed by atoms with Crippen molar-refractivity contribution in [1.29, 1.82) is 0 Å². The number of rotatable bonds is 1. The van der Waals surface area contributed by atoms with Crippen molar-refractivity contribution >= 4 is 67.5 Å². The number of hydrogen-bond acceptors (Lipinski definition) is 6. The SMILES string of the molecule is CN1CC(c2cnc3c(ccc4ccccc43)c2)C2(SC(=S)NC2=O)C12C(=O)Nc1ccccc12. The summed E-state index contributed by atoms with van der Waals surface area (Å²) in [4.78, 5) is 34.5. The van der Waals surface area contributed by atoms with Crippen molar-refractivity contribution in [2.24, 2.45) is 0 Å². The van der Waals surface area contributed by atoms with Gasteiger partial charge in [-0.3, -0.25) is 19.5 Å². The number of carbonyl (C=O) groups excluding carboxylic acids is 2. The lowest BCUT2D eigenvalue weighted by atomic mass is 9.72. The van der Waals surface area contributed by atoms with E-state index in [4.69, 9.17) is 17.2 Å². The summed E-state index contributed by atoms with van der Waals surface area (Å²) in [5.74, 6) is -0.735. The van der Waals surface area contributed by atoms with Crippen LogP contribution in [0.1, 0.15) is 17.0 Å². The van der Waals surface area contributed by atoms with Crippen LogP contribution in [0.15, 0.2) is 72.9 Å². The van der Waals surface area contributed by atoms with E-state index in [1.165, 1.54) is 11.8 Å². The first kappa shape index (κ1) is 21.0. The van der Waals surface area contributed by atoms with Crippen molar-refractivity contribution in [2.75, 3.05) is 18.9 Å². The highest BCUT2D eigenvalue weighted by atomic mass is 32.2. The molecule has 2 spiro atoms. The maximum Gasteiger partial charge on any atom is 0.251 e. The number of likely N-dealkylation sites (N-methyl/N-ethyl adjacent to an activating group) is 1. The third kappa shape index (κ3) is 2.49. The number of fused-ring (bicyclic) bond motifs is 6. The molecule has 1 aromatic heterocycles. The van der Waals surface area contributed by atoms with Crippen molar-refractivity contribution in [1.82, 2.24) is 15.2 Å². The van der Waals surface area contributed by atoms with Gasteiger partial charge in [-0.05, 0) is 30.1 Å². The second kappa shape index (κ2) is 7.10. The van der Waals surface area contributed by atoms with E-state index in [0.717, 1.165) is 38.5 Å². The van der Waals surface area contributed by atoms with E-state index < -0.39 is 10.3 Å². The molecule has 35 heavy (non-hydrogen) atoms. The molecule has 2 N–H and O–H groups in total. The van der Waals surface area contributed by atoms with Crippen molar-refractivity contribution in [3.05, 3.63) is 84.1 Å². The predicted molar refractivity (Wildman–Crippen MR) is 142 cm³/mol. The second-order valence-corrected chi connectivity index (χ2v) is 11.3. The number of amides is 2. The van der Waals surface area contributed by atoms with Gasteiger partial charge in [-0.2, -0.15) is 0 Å². The smallest absolute Gasteiger partial charge is 0.251 e. The Bertz CT molecular complexity index is 1620. The number of nitrogens with one attached hydrogen (secondary N) is 2. The summed E-state index contributed by atoms with van der Waals surface area (Å²) in [5, 5.41) is 9.12. The number of benzene rings is 3. The molecule has 8 heteroatoms. The van der Waals surface area contributed by atoms with Gasteiger partial charge < -0.3 is 10.6 Å². The summed E-state index contributed by atoms with van der Waals surface area (Å²) >= 11 is 6.80. The van der Waals surface area contributed by atoms with E-state index in [-0.39, 0.29) is 17.7 Å². The van der Waals surface area contributed by atoms with Gasteiger partial charge in [0.05, 0.1) is 5.52 Å². The van der Waals surface area contributed by atoms with Crippen LogP contribution in [0.3, 0.4) is 0 Å². The standard InChI is InChI=1S/C27H20N4O2S2/c1-31-14-20(17-12-16-11-10-15-6-2-3-7-18(15)22(16)28-13-17)27(24(33)30-25(34)35-27)26(31)19-8-4-5-9-21(19)29-23(26)32/h2-13,20H,14H2,1H3,(H,29,32)(H,30,33,34). The fourth-order valence-electron chi connectivity index (χ4n) is 6.36. The zero-order valence-corrected chi connectivity index (χ0v) is 20.4. The number of anilines is 1. The molecule has 172 valence electrons. The number of pyridine rings is 1. The highest BCUT2D eigenvalue weighted by Crippen LogP contribution is 2.64. The minimum atomic E-state index is -1.19. The molecule has 7 rings (SSSR count). The lowest BCUT2D eigenvalue weighted by molar-refractivity contribution is -0.133. The van der Waals surface area contributed by atoms with Gasteiger partial charge in [-0.15, -0.1) is 0 Å². The van der Waals surface area contributed by atoms with Gasteiger partial charge in [-0.1, -0.05) is 78.6 Å². The van der Waals surface area contributed by atoms with Crippen LogP contribution in [0, 0.1) is 0 Å². The first-order chi connectivity index (χ1) is 17.0. The molecule has 2 amide bonds. The van der Waals surface area contributed by atoms with Crippen molar-refractivity contribution in [2.45, 2.75) is 16.2 Å². The van der Waals surface area contributed by atoms with Crippen LogP contribution in [-0.2, 0) is 15.1 Å². The second-order valence-electron chi connectivity index (χ2n) is 9.35. The summed E-state index contributed by atoms with van der Waals surface area (Å²) < 4.78 is -0.770. The molecule has 3 aliphatic rings. The summed E-state index contributed by atoms with van der Waals surface area (Å²) in [6, 6.07) is 22.1. The Kier molecular flexibility index (Phi) is 4.26. The molecule has 3 unspecified atom stereocenters. The Balaban J connectivity index is 1.48. The summed E-state index contributed by atoms with van der Waals surface area (Å²) in [7, 11) is 1.92. The fraction of sp³-hybridized carbons (Fsp3) is 0.185. The normalized spacial score (nSPS) is 27.8. The molecule has 3 aromatic carbocycles. The zero-order chi connectivity index (χ0) is 23.9. The third-order valence-electron chi connectivity index (χ3n) is 7.76. The zero-order valence-electron chi connectivity index (χ0n) is 18.7. The van der Waals surface area contributed by atoms with E-state index in [0.29, 0.717) is 10.9 Å². The maximum atomic E-state index is 13.8. The van der Waals surface area contributed by atoms with Gasteiger partial charge in [0.25, 0.3) is 5.91 Å². The number of hydrogen-bond donors (Lipinski definition) is 2. The van der Waals surface area contributed by atoms with E-state index in [9.17, 15) is 9.59 Å². The molecule has 6 nitrogen and oxygen atoms in total. The Morgan fingerprint density at radius 1 is 1.00 bits per heavy atom. The van der Waals surface area contributed by atoms with Gasteiger partial charge in [0, 0.05) is 40.7 Å². The minimum Gasteiger partial charge on any atom is -0.324 e. The monoisotopic (exact) mass is 496 g/mol. The van der Waals surface area contributed by atoms with Crippen molar-refractivity contribution < 1.29 is 9.59 Å². The van der Waals surface area contributed by atoms with Crippen LogP contribution in [0.5, 0.6) is 0 Å². The van der Waals surface area contributed by atoms with Gasteiger partial charge in [0.2, 0.25) is 5.91 Å². The Morgan fingerprint density at radius 3 is 2.60 bits per heavy atom. The van der Waals surface area contributed by atoms with Gasteiger partial charge in [-0.25, -0.2) is 0 Å². The molecule has 2 fully saturated rings. The molecule has 0 saturated carbocycles. The lowest BCUT2D eigenvalue weighted by Crippen LogP contribution is -2.61. The van der Waals surface area contributed by atoms with Crippen LogP contribution in [0.2, 0.25) is 0 Å². The van der Waals surface area contributed by atoms with E-state index in [1.807, 2.05) is 54.5 Å². The highest BCUT2D eigenvalue weighted by Gasteiger charge is 2.76. The van der Waals surface area contributed by atoms with Crippen molar-refractivity contribution in [3.8, 4) is 0 Å². The molecule has 0 aliphatic carbocycles. The van der Waals surface area contributed by atoms with Crippen LogP contribution >= 0.6 is 24.0 Å². The van der Waals surface area contributed by atoms with E-state index in [1.54, 1.807) is 0 Å². The lowest BCUT2D eigenvalue weighted by Gasteiger charge is -2.41. The molecule has 0 radical (unpaired) electrons. The highest BCUT2D eigenvalue weighted by molar-refractivity contribution is 8.25. The predicted octanol–water partition coefficient (Wildman–Crippen LogP) is 4.15. The number of nitrogens with zero attached hydrogens (tertiary/aromatic N) is 2. The first-order valence-electron chi connectivity index (χ1n) is 11.4. The number of para-hydroxylation sites is 1. The Labute approximate surface area is 211 Å². The molecule has 4 aromatic rings. The van der Waals surface area contributed by atoms with Gasteiger partial charge in [0.15, 0.2) is 5.54 Å². The van der Waals surface area contributed by atoms with Gasteiger partial charge in [0.1, 0.15) is 9.07 Å². The Morgan fingerprint density at radius 2 is 1.77 bits per heavy atom. The number of likely N-dealkylation sites (tertiary alicyclic amines) is 1. The third-order valence-corrected chi connectivity index (χ3v) is 9.48. The van der Waals surface area contributed by atoms with Gasteiger partial charge >= 0.3 is 0 Å². The maximum absolute atomic E-state index is 13.8. The van der Waals surface area contributed by atoms with E-state index in [2.05, 4.69) is 41.0 Å².